The van der Waals surface area contributed by atoms with Crippen LogP contribution in [0.15, 0.2) is 54.6 Å². The molecule has 2 aromatic rings. The van der Waals surface area contributed by atoms with E-state index in [-0.39, 0.29) is 11.8 Å². The Hall–Kier alpha value is -2.00. The summed E-state index contributed by atoms with van der Waals surface area (Å²) in [5, 5.41) is 10.8. The van der Waals surface area contributed by atoms with E-state index in [1.807, 2.05) is 49.5 Å². The van der Waals surface area contributed by atoms with Crippen molar-refractivity contribution >= 4 is 49.9 Å². The predicted molar refractivity (Wildman–Crippen MR) is 128 cm³/mol. The van der Waals surface area contributed by atoms with Crippen molar-refractivity contribution in [3.05, 3.63) is 70.8 Å². The number of allylic oxidation sites excluding steroid dienone is 1. The van der Waals surface area contributed by atoms with E-state index in [1.165, 1.54) is 11.8 Å². The van der Waals surface area contributed by atoms with Gasteiger partial charge in [0.05, 0.1) is 0 Å². The van der Waals surface area contributed by atoms with Crippen LogP contribution in [-0.2, 0) is 14.8 Å². The van der Waals surface area contributed by atoms with Crippen LogP contribution in [-0.4, -0.2) is 43.2 Å². The van der Waals surface area contributed by atoms with Crippen molar-refractivity contribution in [1.29, 1.82) is 0 Å². The Morgan fingerprint density at radius 3 is 2.66 bits per heavy atom. The molecule has 4 atom stereocenters. The highest BCUT2D eigenvalue weighted by Gasteiger charge is 2.73. The van der Waals surface area contributed by atoms with Crippen molar-refractivity contribution in [2.45, 2.75) is 28.9 Å². The third kappa shape index (κ3) is 3.44. The number of benzene rings is 2. The minimum atomic E-state index is -3.90. The highest BCUT2D eigenvalue weighted by Crippen LogP contribution is 2.63. The fourth-order valence-corrected chi connectivity index (χ4v) is 8.42. The van der Waals surface area contributed by atoms with E-state index in [0.717, 1.165) is 21.7 Å². The second-order valence-electron chi connectivity index (χ2n) is 8.53. The van der Waals surface area contributed by atoms with Gasteiger partial charge in [0, 0.05) is 41.0 Å². The Morgan fingerprint density at radius 2 is 1.94 bits per heavy atom. The minimum Gasteiger partial charge on any atom is -0.480 e. The van der Waals surface area contributed by atoms with Crippen LogP contribution in [0.5, 0.6) is 0 Å². The van der Waals surface area contributed by atoms with Gasteiger partial charge in [-0.3, -0.25) is 4.79 Å². The zero-order valence-corrected chi connectivity index (χ0v) is 19.8. The van der Waals surface area contributed by atoms with Gasteiger partial charge in [-0.15, -0.1) is 11.8 Å². The molecule has 0 bridgehead atoms. The van der Waals surface area contributed by atoms with Crippen LogP contribution in [0.3, 0.4) is 0 Å². The van der Waals surface area contributed by atoms with Gasteiger partial charge in [0.2, 0.25) is 10.0 Å². The minimum absolute atomic E-state index is 0.282. The summed E-state index contributed by atoms with van der Waals surface area (Å²) in [6.45, 7) is 0.676. The van der Waals surface area contributed by atoms with E-state index in [9.17, 15) is 18.3 Å². The Balaban J connectivity index is 1.41. The number of fused-ring (bicyclic) bond motifs is 3. The van der Waals surface area contributed by atoms with E-state index < -0.39 is 26.1 Å². The van der Waals surface area contributed by atoms with Crippen molar-refractivity contribution in [2.24, 2.45) is 5.92 Å². The maximum Gasteiger partial charge on any atom is 0.325 e. The number of carboxylic acids is 1. The van der Waals surface area contributed by atoms with E-state index in [2.05, 4.69) is 9.62 Å². The second-order valence-corrected chi connectivity index (χ2v) is 12.4. The van der Waals surface area contributed by atoms with Crippen molar-refractivity contribution in [3.8, 4) is 0 Å². The number of carbonyl (C=O) groups is 1. The number of hydrogen-bond donors (Lipinski definition) is 2. The van der Waals surface area contributed by atoms with Gasteiger partial charge in [-0.05, 0) is 42.2 Å². The maximum absolute atomic E-state index is 13.4. The lowest BCUT2D eigenvalue weighted by Gasteiger charge is -2.25. The van der Waals surface area contributed by atoms with Gasteiger partial charge in [0.15, 0.2) is 0 Å². The summed E-state index contributed by atoms with van der Waals surface area (Å²) in [5.41, 5.74) is 1.25. The van der Waals surface area contributed by atoms with Crippen LogP contribution in [0, 0.1) is 5.92 Å². The van der Waals surface area contributed by atoms with Gasteiger partial charge in [-0.1, -0.05) is 48.0 Å². The lowest BCUT2D eigenvalue weighted by molar-refractivity contribution is -0.140. The quantitative estimate of drug-likeness (QED) is 0.655. The molecular weight excluding hydrogens is 468 g/mol. The van der Waals surface area contributed by atoms with Gasteiger partial charge in [-0.25, -0.2) is 8.42 Å². The van der Waals surface area contributed by atoms with Crippen LogP contribution in [0.1, 0.15) is 29.9 Å². The molecule has 0 saturated heterocycles. The average molecular weight is 491 g/mol. The number of nitrogens with zero attached hydrogens (tertiary/aromatic N) is 1. The number of sulfonamides is 1. The largest absolute Gasteiger partial charge is 0.480 e. The van der Waals surface area contributed by atoms with Gasteiger partial charge in [-0.2, -0.15) is 4.72 Å². The number of para-hydroxylation sites is 1. The normalized spacial score (nSPS) is 29.0. The number of anilines is 1. The summed E-state index contributed by atoms with van der Waals surface area (Å²) >= 11 is 7.20. The van der Waals surface area contributed by atoms with Crippen LogP contribution in [0.2, 0.25) is 5.02 Å². The summed E-state index contributed by atoms with van der Waals surface area (Å²) in [6, 6.07) is 14.9. The second kappa shape index (κ2) is 7.80. The monoisotopic (exact) mass is 490 g/mol. The van der Waals surface area contributed by atoms with E-state index >= 15 is 0 Å². The molecule has 4 unspecified atom stereocenters. The van der Waals surface area contributed by atoms with Gasteiger partial charge < -0.3 is 10.0 Å². The molecule has 32 heavy (non-hydrogen) atoms. The topological polar surface area (TPSA) is 86.7 Å². The molecule has 2 aliphatic heterocycles. The van der Waals surface area contributed by atoms with Crippen molar-refractivity contribution in [3.63, 3.8) is 0 Å². The first-order valence-electron chi connectivity index (χ1n) is 10.4. The van der Waals surface area contributed by atoms with Gasteiger partial charge >= 0.3 is 5.97 Å². The SMILES string of the molecule is CN1CCC2C(c3ccccc31)C2(NS(=O)(=O)C1CC=C(c2ccc(Cl)cc2)S1)C(=O)O. The smallest absolute Gasteiger partial charge is 0.325 e. The molecule has 6 nitrogen and oxygen atoms in total. The molecule has 0 spiro atoms. The van der Waals surface area contributed by atoms with E-state index in [0.29, 0.717) is 24.4 Å². The summed E-state index contributed by atoms with van der Waals surface area (Å²) in [5.74, 6) is -1.77. The number of rotatable bonds is 5. The van der Waals surface area contributed by atoms with E-state index in [1.54, 1.807) is 12.1 Å². The Labute approximate surface area is 196 Å². The Morgan fingerprint density at radius 1 is 1.22 bits per heavy atom. The Bertz CT molecular complexity index is 1210. The average Bonchev–Trinajstić information content (AvgIpc) is 3.15. The number of nitrogens with one attached hydrogen (secondary N) is 1. The molecule has 3 aliphatic rings. The Kier molecular flexibility index (Phi) is 5.32. The van der Waals surface area contributed by atoms with Crippen molar-refractivity contribution in [2.75, 3.05) is 18.5 Å². The van der Waals surface area contributed by atoms with Crippen LogP contribution >= 0.6 is 23.4 Å². The molecule has 168 valence electrons. The van der Waals surface area contributed by atoms with Gasteiger partial charge in [0.1, 0.15) is 10.1 Å². The molecule has 1 fully saturated rings. The molecule has 0 amide bonds. The lowest BCUT2D eigenvalue weighted by Crippen LogP contribution is -2.49. The zero-order chi connectivity index (χ0) is 22.7. The maximum atomic E-state index is 13.4. The predicted octanol–water partition coefficient (Wildman–Crippen LogP) is 4.14. The van der Waals surface area contributed by atoms with Crippen LogP contribution < -0.4 is 9.62 Å². The molecule has 0 aromatic heterocycles. The fourth-order valence-electron chi connectivity index (χ4n) is 5.07. The molecule has 9 heteroatoms. The number of hydrogen-bond acceptors (Lipinski definition) is 5. The molecule has 0 radical (unpaired) electrons. The number of halogens is 1. The van der Waals surface area contributed by atoms with Gasteiger partial charge in [0.25, 0.3) is 0 Å². The number of thioether (sulfide) groups is 1. The zero-order valence-electron chi connectivity index (χ0n) is 17.4. The summed E-state index contributed by atoms with van der Waals surface area (Å²) < 4.78 is 28.6. The highest BCUT2D eigenvalue weighted by molar-refractivity contribution is 8.18. The molecule has 2 heterocycles. The third-order valence-corrected chi connectivity index (χ3v) is 10.6. The summed E-state index contributed by atoms with van der Waals surface area (Å²) in [6.07, 6.45) is 2.82. The first-order chi connectivity index (χ1) is 15.2. The first-order valence-corrected chi connectivity index (χ1v) is 13.2. The molecule has 5 rings (SSSR count). The molecule has 2 aromatic carbocycles. The number of aliphatic carboxylic acids is 1. The highest BCUT2D eigenvalue weighted by atomic mass is 35.5. The summed E-state index contributed by atoms with van der Waals surface area (Å²) in [4.78, 5) is 15.5. The van der Waals surface area contributed by atoms with Crippen LogP contribution in [0.4, 0.5) is 5.69 Å². The molecule has 1 saturated carbocycles. The fraction of sp³-hybridized carbons (Fsp3) is 0.348. The standard InChI is InChI=1S/C23H23ClN2O4S2/c1-26-13-12-17-21(16-4-2-3-5-18(16)26)23(17,22(27)28)25-32(29,30)20-11-10-19(31-20)14-6-8-15(24)9-7-14/h2-10,17,20-21,25H,11-13H2,1H3,(H,27,28). The molecule has 2 N–H and O–H groups in total. The third-order valence-electron chi connectivity index (χ3n) is 6.72. The van der Waals surface area contributed by atoms with Crippen molar-refractivity contribution < 1.29 is 18.3 Å². The molecular formula is C23H23ClN2O4S2. The summed E-state index contributed by atoms with van der Waals surface area (Å²) in [7, 11) is -1.91. The number of carboxylic acid groups (broad SMARTS) is 1. The first kappa shape index (κ1) is 21.8. The van der Waals surface area contributed by atoms with E-state index in [4.69, 9.17) is 11.6 Å². The van der Waals surface area contributed by atoms with Crippen LogP contribution in [0.25, 0.3) is 4.91 Å². The molecule has 1 aliphatic carbocycles. The lowest BCUT2D eigenvalue weighted by atomic mass is 10.0. The van der Waals surface area contributed by atoms with Crippen molar-refractivity contribution in [1.82, 2.24) is 4.72 Å².